The smallest absolute Gasteiger partial charge is 0.173 e. The van der Waals surface area contributed by atoms with E-state index in [9.17, 15) is 0 Å². The summed E-state index contributed by atoms with van der Waals surface area (Å²) in [7, 11) is 1.88. The number of nitrogens with zero attached hydrogens (tertiary/aromatic N) is 4. The van der Waals surface area contributed by atoms with Crippen LogP contribution in [0.25, 0.3) is 0 Å². The van der Waals surface area contributed by atoms with Gasteiger partial charge in [0.15, 0.2) is 11.7 Å². The lowest BCUT2D eigenvalue weighted by atomic mass is 10.2. The molecule has 0 aromatic carbocycles. The molecule has 0 aliphatic heterocycles. The molecule has 2 aromatic rings. The molecule has 0 atom stereocenters. The van der Waals surface area contributed by atoms with Crippen molar-refractivity contribution in [1.82, 2.24) is 10.2 Å². The van der Waals surface area contributed by atoms with Gasteiger partial charge in [-0.05, 0) is 28.5 Å². The van der Waals surface area contributed by atoms with Crippen LogP contribution < -0.4 is 10.6 Å². The van der Waals surface area contributed by atoms with Gasteiger partial charge in [-0.2, -0.15) is 16.4 Å². The molecule has 2 aromatic heterocycles. The lowest BCUT2D eigenvalue weighted by Crippen LogP contribution is -2.24. The molecule has 0 amide bonds. The number of nitrogens with two attached hydrogens (primary N) is 1. The predicted molar refractivity (Wildman–Crippen MR) is 71.0 cm³/mol. The molecule has 6 nitrogen and oxygen atoms in total. The molecular formula is C11H13N5OS. The van der Waals surface area contributed by atoms with Crippen LogP contribution in [-0.4, -0.2) is 28.3 Å². The molecule has 7 heteroatoms. The van der Waals surface area contributed by atoms with Crippen molar-refractivity contribution in [3.63, 3.8) is 0 Å². The molecule has 94 valence electrons. The maximum absolute atomic E-state index is 8.75. The van der Waals surface area contributed by atoms with E-state index in [1.807, 2.05) is 23.4 Å². The number of aromatic nitrogens is 2. The number of anilines is 1. The molecule has 18 heavy (non-hydrogen) atoms. The highest BCUT2D eigenvalue weighted by Crippen LogP contribution is 2.18. The Hall–Kier alpha value is -2.15. The summed E-state index contributed by atoms with van der Waals surface area (Å²) in [6.45, 7) is 0.688. The highest BCUT2D eigenvalue weighted by molar-refractivity contribution is 7.07. The number of oxime groups is 1. The molecule has 0 saturated heterocycles. The largest absolute Gasteiger partial charge is 0.409 e. The van der Waals surface area contributed by atoms with Gasteiger partial charge in [0.25, 0.3) is 0 Å². The lowest BCUT2D eigenvalue weighted by molar-refractivity contribution is 0.318. The van der Waals surface area contributed by atoms with Gasteiger partial charge < -0.3 is 15.8 Å². The highest BCUT2D eigenvalue weighted by Gasteiger charge is 2.13. The van der Waals surface area contributed by atoms with Crippen LogP contribution in [0, 0.1) is 0 Å². The average Bonchev–Trinajstić information content (AvgIpc) is 2.90. The summed E-state index contributed by atoms with van der Waals surface area (Å²) in [5, 5.41) is 23.7. The number of rotatable bonds is 4. The van der Waals surface area contributed by atoms with Gasteiger partial charge in [-0.25, -0.2) is 0 Å². The molecule has 0 unspecified atom stereocenters. The first-order valence-corrected chi connectivity index (χ1v) is 6.18. The molecule has 0 bridgehead atoms. The van der Waals surface area contributed by atoms with Crippen LogP contribution in [-0.2, 0) is 6.54 Å². The topological polar surface area (TPSA) is 87.6 Å². The summed E-state index contributed by atoms with van der Waals surface area (Å²) in [6.07, 6.45) is 1.51. The van der Waals surface area contributed by atoms with Crippen molar-refractivity contribution in [2.75, 3.05) is 11.9 Å². The normalized spacial score (nSPS) is 11.5. The first kappa shape index (κ1) is 12.3. The lowest BCUT2D eigenvalue weighted by Gasteiger charge is -2.19. The molecule has 3 N–H and O–H groups in total. The Bertz CT molecular complexity index is 540. The van der Waals surface area contributed by atoms with Crippen molar-refractivity contribution in [2.45, 2.75) is 6.54 Å². The fraction of sp³-hybridized carbons (Fsp3) is 0.182. The summed E-state index contributed by atoms with van der Waals surface area (Å²) in [5.74, 6) is 0.607. The van der Waals surface area contributed by atoms with Gasteiger partial charge in [0.05, 0.1) is 11.8 Å². The van der Waals surface area contributed by atoms with E-state index in [1.54, 1.807) is 17.4 Å². The predicted octanol–water partition coefficient (Wildman–Crippen LogP) is 1.27. The van der Waals surface area contributed by atoms with Gasteiger partial charge in [0.2, 0.25) is 0 Å². The molecule has 2 heterocycles. The van der Waals surface area contributed by atoms with Crippen LogP contribution in [0.15, 0.2) is 34.2 Å². The first-order chi connectivity index (χ1) is 8.72. The third-order valence-electron chi connectivity index (χ3n) is 2.45. The third kappa shape index (κ3) is 2.57. The van der Waals surface area contributed by atoms with Crippen LogP contribution in [0.5, 0.6) is 0 Å². The zero-order valence-electron chi connectivity index (χ0n) is 9.82. The SMILES string of the molecule is CN(Cc1ccsc1)c1nnccc1/C(N)=N/O. The second-order valence-corrected chi connectivity index (χ2v) is 4.52. The molecular weight excluding hydrogens is 250 g/mol. The van der Waals surface area contributed by atoms with Gasteiger partial charge in [0, 0.05) is 13.6 Å². The summed E-state index contributed by atoms with van der Waals surface area (Å²) in [5.41, 5.74) is 7.35. The van der Waals surface area contributed by atoms with Crippen LogP contribution in [0.4, 0.5) is 5.82 Å². The Labute approximate surface area is 108 Å². The molecule has 0 fully saturated rings. The van der Waals surface area contributed by atoms with Gasteiger partial charge in [-0.1, -0.05) is 5.16 Å². The zero-order chi connectivity index (χ0) is 13.0. The van der Waals surface area contributed by atoms with Gasteiger partial charge in [-0.15, -0.1) is 5.10 Å². The van der Waals surface area contributed by atoms with Crippen molar-refractivity contribution in [3.05, 3.63) is 40.2 Å². The molecule has 0 aliphatic rings. The van der Waals surface area contributed by atoms with E-state index in [4.69, 9.17) is 10.9 Å². The van der Waals surface area contributed by atoms with Crippen LogP contribution in [0.2, 0.25) is 0 Å². The minimum Gasteiger partial charge on any atom is -0.409 e. The summed E-state index contributed by atoms with van der Waals surface area (Å²) >= 11 is 1.64. The second-order valence-electron chi connectivity index (χ2n) is 3.74. The molecule has 0 spiro atoms. The maximum atomic E-state index is 8.75. The van der Waals surface area contributed by atoms with E-state index < -0.39 is 0 Å². The Morgan fingerprint density at radius 3 is 3.06 bits per heavy atom. The van der Waals surface area contributed by atoms with Crippen LogP contribution in [0.1, 0.15) is 11.1 Å². The summed E-state index contributed by atoms with van der Waals surface area (Å²) in [6, 6.07) is 3.71. The fourth-order valence-electron chi connectivity index (χ4n) is 1.59. The Morgan fingerprint density at radius 1 is 1.56 bits per heavy atom. The van der Waals surface area contributed by atoms with Gasteiger partial charge in [0.1, 0.15) is 0 Å². The molecule has 2 rings (SSSR count). The highest BCUT2D eigenvalue weighted by atomic mass is 32.1. The second kappa shape index (κ2) is 5.46. The van der Waals surface area contributed by atoms with E-state index in [2.05, 4.69) is 20.7 Å². The van der Waals surface area contributed by atoms with E-state index in [-0.39, 0.29) is 5.84 Å². The standard InChI is InChI=1S/C11H13N5OS/c1-16(6-8-3-5-18-7-8)11-9(10(12)15-17)2-4-13-14-11/h2-5,7,17H,6H2,1H3,(H2,12,15). The Morgan fingerprint density at radius 2 is 2.39 bits per heavy atom. The number of thiophene rings is 1. The average molecular weight is 263 g/mol. The van der Waals surface area contributed by atoms with Crippen molar-refractivity contribution in [3.8, 4) is 0 Å². The van der Waals surface area contributed by atoms with Gasteiger partial charge in [-0.3, -0.25) is 0 Å². The third-order valence-corrected chi connectivity index (χ3v) is 3.18. The minimum absolute atomic E-state index is 0.0251. The van der Waals surface area contributed by atoms with Gasteiger partial charge >= 0.3 is 0 Å². The van der Waals surface area contributed by atoms with E-state index in [1.165, 1.54) is 11.8 Å². The quantitative estimate of drug-likeness (QED) is 0.375. The van der Waals surface area contributed by atoms with E-state index in [0.29, 0.717) is 17.9 Å². The maximum Gasteiger partial charge on any atom is 0.173 e. The van der Waals surface area contributed by atoms with Crippen molar-refractivity contribution in [2.24, 2.45) is 10.9 Å². The molecule has 0 aliphatic carbocycles. The van der Waals surface area contributed by atoms with Crippen LogP contribution in [0.3, 0.4) is 0 Å². The number of hydrogen-bond acceptors (Lipinski definition) is 6. The summed E-state index contributed by atoms with van der Waals surface area (Å²) in [4.78, 5) is 1.91. The number of amidine groups is 1. The van der Waals surface area contributed by atoms with E-state index >= 15 is 0 Å². The minimum atomic E-state index is 0.0251. The van der Waals surface area contributed by atoms with Crippen molar-refractivity contribution < 1.29 is 5.21 Å². The zero-order valence-corrected chi connectivity index (χ0v) is 10.6. The first-order valence-electron chi connectivity index (χ1n) is 5.24. The monoisotopic (exact) mass is 263 g/mol. The van der Waals surface area contributed by atoms with E-state index in [0.717, 1.165) is 0 Å². The van der Waals surface area contributed by atoms with Crippen LogP contribution >= 0.6 is 11.3 Å². The van der Waals surface area contributed by atoms with Crippen molar-refractivity contribution >= 4 is 23.0 Å². The molecule has 0 saturated carbocycles. The fourth-order valence-corrected chi connectivity index (χ4v) is 2.25. The van der Waals surface area contributed by atoms with Crippen molar-refractivity contribution in [1.29, 1.82) is 0 Å². The Kier molecular flexibility index (Phi) is 3.73. The Balaban J connectivity index is 2.27. The summed E-state index contributed by atoms with van der Waals surface area (Å²) < 4.78 is 0. The number of hydrogen-bond donors (Lipinski definition) is 2. The molecule has 0 radical (unpaired) electrons.